The van der Waals surface area contributed by atoms with Gasteiger partial charge in [0.1, 0.15) is 5.75 Å². The van der Waals surface area contributed by atoms with E-state index in [1.54, 1.807) is 47.5 Å². The van der Waals surface area contributed by atoms with Crippen LogP contribution in [0, 0.1) is 0 Å². The van der Waals surface area contributed by atoms with Gasteiger partial charge in [0.25, 0.3) is 5.91 Å². The predicted octanol–water partition coefficient (Wildman–Crippen LogP) is 1.66. The van der Waals surface area contributed by atoms with E-state index < -0.39 is 10.0 Å². The first-order chi connectivity index (χ1) is 13.4. The molecule has 156 valence electrons. The first kappa shape index (κ1) is 21.1. The van der Waals surface area contributed by atoms with Crippen LogP contribution in [-0.4, -0.2) is 86.6 Å². The highest BCUT2D eigenvalue weighted by Gasteiger charge is 2.39. The molecule has 0 N–H and O–H groups in total. The largest absolute Gasteiger partial charge is 0.497 e. The summed E-state index contributed by atoms with van der Waals surface area (Å²) >= 11 is 0. The molecule has 0 bridgehead atoms. The van der Waals surface area contributed by atoms with E-state index in [1.165, 1.54) is 19.3 Å². The molecule has 8 heteroatoms. The normalized spacial score (nSPS) is 18.9. The summed E-state index contributed by atoms with van der Waals surface area (Å²) in [6, 6.07) is 6.92. The van der Waals surface area contributed by atoms with Gasteiger partial charge in [0.15, 0.2) is 0 Å². The van der Waals surface area contributed by atoms with Crippen LogP contribution < -0.4 is 4.74 Å². The number of carbonyl (C=O) groups excluding carboxylic acids is 1. The number of hydrogen-bond acceptors (Lipinski definition) is 5. The number of ether oxygens (including phenoxy) is 1. The van der Waals surface area contributed by atoms with Crippen LogP contribution in [-0.2, 0) is 10.0 Å². The summed E-state index contributed by atoms with van der Waals surface area (Å²) in [5, 5.41) is 0. The number of sulfonamides is 1. The SMILES string of the molecule is CCS(=O)(=O)N(CCN1CCCCC1)C1CN(C(=O)c2cccc(OC)c2)C1. The highest BCUT2D eigenvalue weighted by Crippen LogP contribution is 2.23. The monoisotopic (exact) mass is 409 g/mol. The Kier molecular flexibility index (Phi) is 6.95. The van der Waals surface area contributed by atoms with Crippen molar-refractivity contribution >= 4 is 15.9 Å². The van der Waals surface area contributed by atoms with Crippen molar-refractivity contribution < 1.29 is 17.9 Å². The van der Waals surface area contributed by atoms with E-state index in [9.17, 15) is 13.2 Å². The Morgan fingerprint density at radius 1 is 1.21 bits per heavy atom. The molecule has 2 aliphatic heterocycles. The van der Waals surface area contributed by atoms with Gasteiger partial charge >= 0.3 is 0 Å². The highest BCUT2D eigenvalue weighted by atomic mass is 32.2. The molecule has 1 aromatic rings. The maximum Gasteiger partial charge on any atom is 0.254 e. The van der Waals surface area contributed by atoms with Crippen molar-refractivity contribution in [3.63, 3.8) is 0 Å². The molecule has 1 amide bonds. The van der Waals surface area contributed by atoms with Crippen molar-refractivity contribution in [1.29, 1.82) is 0 Å². The minimum atomic E-state index is -3.30. The molecule has 0 saturated carbocycles. The van der Waals surface area contributed by atoms with E-state index in [-0.39, 0.29) is 17.7 Å². The number of benzene rings is 1. The fourth-order valence-electron chi connectivity index (χ4n) is 3.88. The summed E-state index contributed by atoms with van der Waals surface area (Å²) in [5.74, 6) is 0.646. The van der Waals surface area contributed by atoms with Gasteiger partial charge in [0.2, 0.25) is 10.0 Å². The molecule has 0 aromatic heterocycles. The maximum absolute atomic E-state index is 12.7. The predicted molar refractivity (Wildman–Crippen MR) is 109 cm³/mol. The Hall–Kier alpha value is -1.64. The van der Waals surface area contributed by atoms with Crippen LogP contribution in [0.5, 0.6) is 5.75 Å². The number of nitrogens with zero attached hydrogens (tertiary/aromatic N) is 3. The molecule has 7 nitrogen and oxygen atoms in total. The summed E-state index contributed by atoms with van der Waals surface area (Å²) in [7, 11) is -1.73. The average molecular weight is 410 g/mol. The van der Waals surface area contributed by atoms with Gasteiger partial charge in [0, 0.05) is 31.7 Å². The van der Waals surface area contributed by atoms with Crippen LogP contribution in [0.4, 0.5) is 0 Å². The van der Waals surface area contributed by atoms with Gasteiger partial charge in [-0.05, 0) is 51.1 Å². The molecule has 1 aromatic carbocycles. The van der Waals surface area contributed by atoms with Gasteiger partial charge in [0.05, 0.1) is 18.9 Å². The molecule has 0 unspecified atom stereocenters. The third-order valence-electron chi connectivity index (χ3n) is 5.68. The Labute approximate surface area is 168 Å². The van der Waals surface area contributed by atoms with Crippen LogP contribution in [0.15, 0.2) is 24.3 Å². The van der Waals surface area contributed by atoms with Crippen molar-refractivity contribution in [3.8, 4) is 5.75 Å². The fourth-order valence-corrected chi connectivity index (χ4v) is 5.16. The van der Waals surface area contributed by atoms with Crippen LogP contribution >= 0.6 is 0 Å². The number of hydrogen-bond donors (Lipinski definition) is 0. The van der Waals surface area contributed by atoms with Crippen LogP contribution in [0.25, 0.3) is 0 Å². The molecule has 0 radical (unpaired) electrons. The molecule has 28 heavy (non-hydrogen) atoms. The van der Waals surface area contributed by atoms with Crippen molar-refractivity contribution in [2.75, 3.05) is 52.1 Å². The average Bonchev–Trinajstić information content (AvgIpc) is 2.69. The Morgan fingerprint density at radius 3 is 2.57 bits per heavy atom. The van der Waals surface area contributed by atoms with Crippen LogP contribution in [0.3, 0.4) is 0 Å². The smallest absolute Gasteiger partial charge is 0.254 e. The molecule has 0 aliphatic carbocycles. The molecule has 2 saturated heterocycles. The first-order valence-corrected chi connectivity index (χ1v) is 11.7. The second-order valence-electron chi connectivity index (χ2n) is 7.51. The van der Waals surface area contributed by atoms with Crippen molar-refractivity contribution in [2.45, 2.75) is 32.2 Å². The minimum Gasteiger partial charge on any atom is -0.497 e. The van der Waals surface area contributed by atoms with Gasteiger partial charge in [-0.15, -0.1) is 0 Å². The number of methoxy groups -OCH3 is 1. The van der Waals surface area contributed by atoms with Gasteiger partial charge in [-0.1, -0.05) is 12.5 Å². The zero-order valence-corrected chi connectivity index (χ0v) is 17.7. The van der Waals surface area contributed by atoms with Crippen molar-refractivity contribution in [2.24, 2.45) is 0 Å². The van der Waals surface area contributed by atoms with E-state index in [0.29, 0.717) is 30.9 Å². The van der Waals surface area contributed by atoms with Crippen LogP contribution in [0.2, 0.25) is 0 Å². The van der Waals surface area contributed by atoms with E-state index in [0.717, 1.165) is 19.6 Å². The number of piperidine rings is 1. The molecule has 2 heterocycles. The molecule has 2 fully saturated rings. The fraction of sp³-hybridized carbons (Fsp3) is 0.650. The number of likely N-dealkylation sites (tertiary alicyclic amines) is 2. The number of rotatable bonds is 8. The van der Waals surface area contributed by atoms with Gasteiger partial charge in [-0.25, -0.2) is 8.42 Å². The zero-order valence-electron chi connectivity index (χ0n) is 16.8. The summed E-state index contributed by atoms with van der Waals surface area (Å²) in [4.78, 5) is 16.7. The van der Waals surface area contributed by atoms with Gasteiger partial charge in [-0.3, -0.25) is 4.79 Å². The van der Waals surface area contributed by atoms with Crippen molar-refractivity contribution in [1.82, 2.24) is 14.1 Å². The summed E-state index contributed by atoms with van der Waals surface area (Å²) in [6.07, 6.45) is 3.64. The van der Waals surface area contributed by atoms with Crippen molar-refractivity contribution in [3.05, 3.63) is 29.8 Å². The Balaban J connectivity index is 1.60. The quantitative estimate of drug-likeness (QED) is 0.653. The van der Waals surface area contributed by atoms with E-state index in [4.69, 9.17) is 4.74 Å². The summed E-state index contributed by atoms with van der Waals surface area (Å²) in [6.45, 7) is 5.92. The van der Waals surface area contributed by atoms with E-state index in [2.05, 4.69) is 4.90 Å². The molecular formula is C20H31N3O4S. The zero-order chi connectivity index (χ0) is 20.1. The molecule has 0 spiro atoms. The Bertz CT molecular complexity index is 771. The van der Waals surface area contributed by atoms with E-state index in [1.807, 2.05) is 0 Å². The third kappa shape index (κ3) is 4.85. The lowest BCUT2D eigenvalue weighted by atomic mass is 10.1. The lowest BCUT2D eigenvalue weighted by Gasteiger charge is -2.45. The standard InChI is InChI=1S/C20H31N3O4S/c1-3-28(25,26)23(13-12-21-10-5-4-6-11-21)18-15-22(16-18)20(24)17-8-7-9-19(14-17)27-2/h7-9,14,18H,3-6,10-13,15-16H2,1-2H3. The van der Waals surface area contributed by atoms with Gasteiger partial charge in [-0.2, -0.15) is 4.31 Å². The lowest BCUT2D eigenvalue weighted by molar-refractivity contribution is 0.0436. The molecular weight excluding hydrogens is 378 g/mol. The maximum atomic E-state index is 12.7. The minimum absolute atomic E-state index is 0.0833. The highest BCUT2D eigenvalue weighted by molar-refractivity contribution is 7.89. The lowest BCUT2D eigenvalue weighted by Crippen LogP contribution is -2.63. The van der Waals surface area contributed by atoms with Gasteiger partial charge < -0.3 is 14.5 Å². The molecule has 3 rings (SSSR count). The topological polar surface area (TPSA) is 70.2 Å². The number of carbonyl (C=O) groups is 1. The van der Waals surface area contributed by atoms with Crippen LogP contribution in [0.1, 0.15) is 36.5 Å². The second-order valence-corrected chi connectivity index (χ2v) is 9.72. The van der Waals surface area contributed by atoms with E-state index >= 15 is 0 Å². The second kappa shape index (κ2) is 9.24. The summed E-state index contributed by atoms with van der Waals surface area (Å²) < 4.78 is 32.1. The third-order valence-corrected chi connectivity index (χ3v) is 7.61. The Morgan fingerprint density at radius 2 is 1.93 bits per heavy atom. The first-order valence-electron chi connectivity index (χ1n) is 10.1. The number of amides is 1. The molecule has 2 aliphatic rings. The molecule has 0 atom stereocenters. The summed E-state index contributed by atoms with van der Waals surface area (Å²) in [5.41, 5.74) is 0.566.